The van der Waals surface area contributed by atoms with Gasteiger partial charge in [0.05, 0.1) is 22.1 Å². The van der Waals surface area contributed by atoms with Crippen LogP contribution in [0.5, 0.6) is 0 Å². The maximum Gasteiger partial charge on any atom is 0.164 e. The second kappa shape index (κ2) is 15.2. The Morgan fingerprint density at radius 2 is 0.529 bits per heavy atom. The van der Waals surface area contributed by atoms with Crippen LogP contribution >= 0.6 is 0 Å². The van der Waals surface area contributed by atoms with Gasteiger partial charge in [0.25, 0.3) is 0 Å². The lowest BCUT2D eigenvalue weighted by molar-refractivity contribution is 1.07. The van der Waals surface area contributed by atoms with Crippen LogP contribution in [-0.2, 0) is 0 Å². The van der Waals surface area contributed by atoms with E-state index in [2.05, 4.69) is 185 Å². The Labute approximate surface area is 391 Å². The molecule has 14 aromatic rings. The summed E-state index contributed by atoms with van der Waals surface area (Å²) in [5.41, 5.74) is 12.0. The van der Waals surface area contributed by atoms with Gasteiger partial charge in [0.2, 0.25) is 0 Å². The van der Waals surface area contributed by atoms with E-state index in [-0.39, 0.29) is 0 Å². The Balaban J connectivity index is 0.908. The molecular formula is C63H39N5. The van der Waals surface area contributed by atoms with Crippen LogP contribution in [0.2, 0.25) is 0 Å². The van der Waals surface area contributed by atoms with E-state index in [0.717, 1.165) is 50.2 Å². The maximum absolute atomic E-state index is 5.00. The van der Waals surface area contributed by atoms with E-state index in [4.69, 9.17) is 15.0 Å². The van der Waals surface area contributed by atoms with E-state index < -0.39 is 0 Å². The van der Waals surface area contributed by atoms with Gasteiger partial charge in [0, 0.05) is 49.6 Å². The molecule has 3 aromatic heterocycles. The summed E-state index contributed by atoms with van der Waals surface area (Å²) >= 11 is 0. The van der Waals surface area contributed by atoms with Crippen LogP contribution in [-0.4, -0.2) is 24.1 Å². The van der Waals surface area contributed by atoms with Crippen molar-refractivity contribution in [1.29, 1.82) is 0 Å². The summed E-state index contributed by atoms with van der Waals surface area (Å²) in [5.74, 6) is 1.92. The monoisotopic (exact) mass is 865 g/mol. The van der Waals surface area contributed by atoms with Crippen molar-refractivity contribution in [2.45, 2.75) is 0 Å². The molecule has 0 atom stereocenters. The largest absolute Gasteiger partial charge is 0.309 e. The molecule has 0 amide bonds. The summed E-state index contributed by atoms with van der Waals surface area (Å²) in [5, 5.41) is 12.5. The molecule has 0 aliphatic rings. The second-order valence-corrected chi connectivity index (χ2v) is 17.6. The Bertz CT molecular complexity index is 4210. The molecule has 5 nitrogen and oxygen atoms in total. The normalized spacial score (nSPS) is 11.8. The van der Waals surface area contributed by atoms with Crippen molar-refractivity contribution in [1.82, 2.24) is 24.1 Å². The number of rotatable bonds is 6. The SMILES string of the molecule is c1ccc(-c2nc(-c3ccccc3)nc(-c3ccc(-n4c5ccccc5c5ccc(-c6ccc7c8ccccc8n(-c8ccc9c%10ccccc%10c%10ccccc%10c9c8)c7c6)cc54)cc3)n2)cc1. The number of nitrogens with zero attached hydrogens (tertiary/aromatic N) is 5. The molecule has 14 rings (SSSR count). The smallest absolute Gasteiger partial charge is 0.164 e. The van der Waals surface area contributed by atoms with Gasteiger partial charge in [0.15, 0.2) is 17.5 Å². The Kier molecular flexibility index (Phi) is 8.52. The third kappa shape index (κ3) is 5.99. The highest BCUT2D eigenvalue weighted by Gasteiger charge is 2.19. The van der Waals surface area contributed by atoms with Crippen LogP contribution in [0, 0.1) is 0 Å². The van der Waals surface area contributed by atoms with Crippen molar-refractivity contribution in [3.63, 3.8) is 0 Å². The molecule has 0 bridgehead atoms. The van der Waals surface area contributed by atoms with Gasteiger partial charge >= 0.3 is 0 Å². The molecule has 0 aliphatic heterocycles. The predicted molar refractivity (Wildman–Crippen MR) is 283 cm³/mol. The zero-order valence-electron chi connectivity index (χ0n) is 36.8. The fraction of sp³-hybridized carbons (Fsp3) is 0. The van der Waals surface area contributed by atoms with Gasteiger partial charge < -0.3 is 9.13 Å². The topological polar surface area (TPSA) is 48.5 Å². The highest BCUT2D eigenvalue weighted by molar-refractivity contribution is 6.25. The summed E-state index contributed by atoms with van der Waals surface area (Å²) in [7, 11) is 0. The van der Waals surface area contributed by atoms with Gasteiger partial charge in [-0.2, -0.15) is 0 Å². The van der Waals surface area contributed by atoms with E-state index in [9.17, 15) is 0 Å². The molecule has 0 saturated heterocycles. The highest BCUT2D eigenvalue weighted by atomic mass is 15.0. The lowest BCUT2D eigenvalue weighted by Crippen LogP contribution is -2.00. The van der Waals surface area contributed by atoms with Gasteiger partial charge in [-0.15, -0.1) is 0 Å². The van der Waals surface area contributed by atoms with Crippen LogP contribution in [0.1, 0.15) is 0 Å². The molecule has 0 unspecified atom stereocenters. The van der Waals surface area contributed by atoms with Crippen molar-refractivity contribution in [3.8, 4) is 56.7 Å². The van der Waals surface area contributed by atoms with Gasteiger partial charge in [-0.1, -0.05) is 176 Å². The number of hydrogen-bond donors (Lipinski definition) is 0. The number of hydrogen-bond acceptors (Lipinski definition) is 3. The summed E-state index contributed by atoms with van der Waals surface area (Å²) < 4.78 is 4.83. The van der Waals surface area contributed by atoms with Crippen LogP contribution in [0.3, 0.4) is 0 Å². The molecule has 68 heavy (non-hydrogen) atoms. The summed E-state index contributed by atoms with van der Waals surface area (Å²) in [4.78, 5) is 14.9. The van der Waals surface area contributed by atoms with E-state index in [1.165, 1.54) is 64.9 Å². The standard InChI is InChI=1S/C63H39N5/c1-3-15-40(16-4-1)61-64-62(41-17-5-2-6-18-41)66-63(65-61)42-27-31-45(32-28-42)67-57-25-13-11-23-52(57)54-34-29-43(37-59(54)67)44-30-35-55-53-24-12-14-26-58(53)68(60(55)38-44)46-33-36-51-49-21-8-7-19-47(49)48-20-9-10-22-50(48)56(51)39-46/h1-39H. The second-order valence-electron chi connectivity index (χ2n) is 17.6. The average Bonchev–Trinajstić information content (AvgIpc) is 3.93. The molecule has 0 aliphatic carbocycles. The van der Waals surface area contributed by atoms with Gasteiger partial charge in [-0.3, -0.25) is 0 Å². The molecule has 3 heterocycles. The third-order valence-electron chi connectivity index (χ3n) is 13.7. The first-order valence-corrected chi connectivity index (χ1v) is 23.1. The summed E-state index contributed by atoms with van der Waals surface area (Å²) in [6.07, 6.45) is 0. The predicted octanol–water partition coefficient (Wildman–Crippen LogP) is 16.2. The van der Waals surface area contributed by atoms with Crippen LogP contribution < -0.4 is 0 Å². The first kappa shape index (κ1) is 38.1. The minimum Gasteiger partial charge on any atom is -0.309 e. The molecule has 316 valence electrons. The zero-order chi connectivity index (χ0) is 44.7. The molecule has 0 N–H and O–H groups in total. The van der Waals surface area contributed by atoms with Gasteiger partial charge in [0.1, 0.15) is 0 Å². The van der Waals surface area contributed by atoms with Crippen molar-refractivity contribution >= 4 is 75.9 Å². The maximum atomic E-state index is 5.00. The van der Waals surface area contributed by atoms with Crippen molar-refractivity contribution in [2.24, 2.45) is 0 Å². The molecule has 0 saturated carbocycles. The fourth-order valence-corrected chi connectivity index (χ4v) is 10.6. The lowest BCUT2D eigenvalue weighted by Gasteiger charge is -2.14. The van der Waals surface area contributed by atoms with Crippen molar-refractivity contribution < 1.29 is 0 Å². The zero-order valence-corrected chi connectivity index (χ0v) is 36.8. The summed E-state index contributed by atoms with van der Waals surface area (Å²) in [6, 6.07) is 84.8. The molecule has 0 radical (unpaired) electrons. The molecule has 0 spiro atoms. The third-order valence-corrected chi connectivity index (χ3v) is 13.7. The Hall–Kier alpha value is -9.19. The van der Waals surface area contributed by atoms with Crippen LogP contribution in [0.15, 0.2) is 237 Å². The number of aromatic nitrogens is 5. The number of para-hydroxylation sites is 2. The Morgan fingerprint density at radius 1 is 0.206 bits per heavy atom. The molecule has 11 aromatic carbocycles. The van der Waals surface area contributed by atoms with Crippen LogP contribution in [0.4, 0.5) is 0 Å². The quantitative estimate of drug-likeness (QED) is 0.156. The minimum absolute atomic E-state index is 0.632. The average molecular weight is 866 g/mol. The lowest BCUT2D eigenvalue weighted by atomic mass is 9.94. The van der Waals surface area contributed by atoms with E-state index in [1.54, 1.807) is 0 Å². The van der Waals surface area contributed by atoms with Gasteiger partial charge in [-0.05, 0) is 104 Å². The van der Waals surface area contributed by atoms with Crippen molar-refractivity contribution in [2.75, 3.05) is 0 Å². The van der Waals surface area contributed by atoms with E-state index in [0.29, 0.717) is 17.5 Å². The Morgan fingerprint density at radius 3 is 1.01 bits per heavy atom. The van der Waals surface area contributed by atoms with Crippen molar-refractivity contribution in [3.05, 3.63) is 237 Å². The highest BCUT2D eigenvalue weighted by Crippen LogP contribution is 2.41. The minimum atomic E-state index is 0.632. The number of benzene rings is 11. The fourth-order valence-electron chi connectivity index (χ4n) is 10.6. The molecule has 0 fully saturated rings. The van der Waals surface area contributed by atoms with E-state index in [1.807, 2.05) is 60.7 Å². The molecular weight excluding hydrogens is 827 g/mol. The van der Waals surface area contributed by atoms with E-state index >= 15 is 0 Å². The number of fused-ring (bicyclic) bond motifs is 12. The summed E-state index contributed by atoms with van der Waals surface area (Å²) in [6.45, 7) is 0. The van der Waals surface area contributed by atoms with Gasteiger partial charge in [-0.25, -0.2) is 15.0 Å². The van der Waals surface area contributed by atoms with Crippen LogP contribution in [0.25, 0.3) is 133 Å². The first-order chi connectivity index (χ1) is 33.7. The first-order valence-electron chi connectivity index (χ1n) is 23.1. The molecule has 5 heteroatoms.